The van der Waals surface area contributed by atoms with Crippen LogP contribution in [0.4, 0.5) is 0 Å². The highest BCUT2D eigenvalue weighted by molar-refractivity contribution is 9.09. The van der Waals surface area contributed by atoms with Crippen LogP contribution in [0, 0.1) is 6.92 Å². The van der Waals surface area contributed by atoms with Crippen LogP contribution in [0.5, 0.6) is 11.5 Å². The van der Waals surface area contributed by atoms with Gasteiger partial charge in [-0.2, -0.15) is 0 Å². The molecule has 0 aromatic heterocycles. The monoisotopic (exact) mass is 476 g/mol. The van der Waals surface area contributed by atoms with E-state index in [1.807, 2.05) is 0 Å². The van der Waals surface area contributed by atoms with Gasteiger partial charge in [-0.3, -0.25) is 0 Å². The molecule has 1 aromatic rings. The van der Waals surface area contributed by atoms with E-state index >= 15 is 0 Å². The second kappa shape index (κ2) is 15.0. The van der Waals surface area contributed by atoms with Crippen molar-refractivity contribution in [2.24, 2.45) is 0 Å². The number of halogens is 2. The molecule has 0 radical (unpaired) electrons. The fourth-order valence-corrected chi connectivity index (χ4v) is 3.76. The molecule has 0 heterocycles. The lowest BCUT2D eigenvalue weighted by Crippen LogP contribution is -2.09. The number of ether oxygens (including phenoxy) is 1. The number of phenols is 2. The lowest BCUT2D eigenvalue weighted by Gasteiger charge is -2.11. The molecule has 0 amide bonds. The molecule has 6 heteroatoms. The second-order valence-electron chi connectivity index (χ2n) is 7.30. The summed E-state index contributed by atoms with van der Waals surface area (Å²) in [6.07, 6.45) is 14.9. The molecule has 0 aliphatic rings. The number of unbranched alkanes of at least 4 members (excludes halogenated alkanes) is 11. The van der Waals surface area contributed by atoms with Crippen LogP contribution < -0.4 is 0 Å². The number of phenolic OH excluding ortho intramolecular Hbond substituents is 2. The van der Waals surface area contributed by atoms with E-state index in [0.717, 1.165) is 30.7 Å². The predicted molar refractivity (Wildman–Crippen MR) is 119 cm³/mol. The topological polar surface area (TPSA) is 66.8 Å². The van der Waals surface area contributed by atoms with Gasteiger partial charge in [0.2, 0.25) is 0 Å². The first-order valence-corrected chi connectivity index (χ1v) is 11.9. The van der Waals surface area contributed by atoms with Gasteiger partial charge in [0.25, 0.3) is 0 Å². The van der Waals surface area contributed by atoms with E-state index in [2.05, 4.69) is 15.9 Å². The van der Waals surface area contributed by atoms with Crippen LogP contribution in [-0.4, -0.2) is 28.1 Å². The van der Waals surface area contributed by atoms with E-state index in [0.29, 0.717) is 12.2 Å². The van der Waals surface area contributed by atoms with Crippen LogP contribution in [0.25, 0.3) is 0 Å². The van der Waals surface area contributed by atoms with Gasteiger partial charge in [-0.25, -0.2) is 4.79 Å². The molecule has 0 bridgehead atoms. The van der Waals surface area contributed by atoms with E-state index in [1.165, 1.54) is 57.8 Å². The smallest absolute Gasteiger partial charge is 0.342 e. The molecule has 2 N–H and O–H groups in total. The molecule has 0 fully saturated rings. The molecular formula is C22H34BrClO4. The van der Waals surface area contributed by atoms with Crippen LogP contribution in [-0.2, 0) is 4.74 Å². The normalized spacial score (nSPS) is 11.0. The highest BCUT2D eigenvalue weighted by atomic mass is 79.9. The van der Waals surface area contributed by atoms with Crippen LogP contribution >= 0.6 is 27.5 Å². The number of alkyl halides is 1. The first kappa shape index (κ1) is 25.1. The van der Waals surface area contributed by atoms with Crippen molar-refractivity contribution in [3.63, 3.8) is 0 Å². The number of hydrogen-bond acceptors (Lipinski definition) is 4. The van der Waals surface area contributed by atoms with Crippen molar-refractivity contribution in [1.29, 1.82) is 0 Å². The standard InChI is InChI=1S/C22H34BrClO4/c1-17-20(18(25)16-19(26)21(17)24)22(27)28-15-13-11-9-7-5-3-2-4-6-8-10-12-14-23/h16,25-26H,2-15H2,1H3. The van der Waals surface area contributed by atoms with E-state index in [-0.39, 0.29) is 22.1 Å². The minimum Gasteiger partial charge on any atom is -0.507 e. The molecule has 0 atom stereocenters. The first-order chi connectivity index (χ1) is 13.5. The summed E-state index contributed by atoms with van der Waals surface area (Å²) in [4.78, 5) is 12.1. The van der Waals surface area contributed by atoms with E-state index in [4.69, 9.17) is 16.3 Å². The number of carbonyl (C=O) groups is 1. The minimum absolute atomic E-state index is 0.0231. The summed E-state index contributed by atoms with van der Waals surface area (Å²) in [6.45, 7) is 1.90. The number of benzene rings is 1. The molecule has 0 saturated heterocycles. The molecule has 1 rings (SSSR count). The fraction of sp³-hybridized carbons (Fsp3) is 0.682. The van der Waals surface area contributed by atoms with Gasteiger partial charge < -0.3 is 14.9 Å². The molecule has 160 valence electrons. The average Bonchev–Trinajstić information content (AvgIpc) is 2.66. The Kier molecular flexibility index (Phi) is 13.4. The summed E-state index contributed by atoms with van der Waals surface area (Å²) in [7, 11) is 0. The highest BCUT2D eigenvalue weighted by Gasteiger charge is 2.20. The molecule has 0 aliphatic carbocycles. The predicted octanol–water partition coefficient (Wildman–Crippen LogP) is 7.29. The van der Waals surface area contributed by atoms with Gasteiger partial charge in [0.15, 0.2) is 0 Å². The Morgan fingerprint density at radius 3 is 1.86 bits per heavy atom. The third-order valence-electron chi connectivity index (χ3n) is 4.92. The van der Waals surface area contributed by atoms with Gasteiger partial charge >= 0.3 is 5.97 Å². The maximum Gasteiger partial charge on any atom is 0.342 e. The second-order valence-corrected chi connectivity index (χ2v) is 8.47. The largest absolute Gasteiger partial charge is 0.507 e. The van der Waals surface area contributed by atoms with Gasteiger partial charge in [0.1, 0.15) is 17.1 Å². The summed E-state index contributed by atoms with van der Waals surface area (Å²) in [5.41, 5.74) is 0.349. The van der Waals surface area contributed by atoms with Crippen LogP contribution in [0.3, 0.4) is 0 Å². The molecular weight excluding hydrogens is 444 g/mol. The zero-order valence-electron chi connectivity index (χ0n) is 16.9. The SMILES string of the molecule is Cc1c(Cl)c(O)cc(O)c1C(=O)OCCCCCCCCCCCCCCBr. The van der Waals surface area contributed by atoms with Gasteiger partial charge in [-0.15, -0.1) is 0 Å². The number of rotatable bonds is 15. The van der Waals surface area contributed by atoms with E-state index < -0.39 is 5.97 Å². The summed E-state index contributed by atoms with van der Waals surface area (Å²) in [5.74, 6) is -1.16. The number of hydrogen-bond donors (Lipinski definition) is 2. The summed E-state index contributed by atoms with van der Waals surface area (Å²) >= 11 is 9.38. The maximum absolute atomic E-state index is 12.1. The Bertz CT molecular complexity index is 592. The number of carbonyl (C=O) groups excluding carboxylic acids is 1. The molecule has 4 nitrogen and oxygen atoms in total. The Hall–Kier alpha value is -0.940. The highest BCUT2D eigenvalue weighted by Crippen LogP contribution is 2.35. The van der Waals surface area contributed by atoms with Gasteiger partial charge in [0.05, 0.1) is 11.6 Å². The van der Waals surface area contributed by atoms with Crippen LogP contribution in [0.2, 0.25) is 5.02 Å². The zero-order chi connectivity index (χ0) is 20.8. The molecule has 0 spiro atoms. The van der Waals surface area contributed by atoms with Crippen molar-refractivity contribution in [2.45, 2.75) is 84.0 Å². The summed E-state index contributed by atoms with van der Waals surface area (Å²) in [5, 5.41) is 20.6. The third-order valence-corrected chi connectivity index (χ3v) is 5.96. The number of esters is 1. The Morgan fingerprint density at radius 2 is 1.36 bits per heavy atom. The lowest BCUT2D eigenvalue weighted by atomic mass is 10.1. The fourth-order valence-electron chi connectivity index (χ4n) is 3.22. The van der Waals surface area contributed by atoms with Gasteiger partial charge in [-0.05, 0) is 25.3 Å². The Morgan fingerprint density at radius 1 is 0.893 bits per heavy atom. The Labute approximate surface area is 182 Å². The zero-order valence-corrected chi connectivity index (χ0v) is 19.3. The molecule has 1 aromatic carbocycles. The van der Waals surface area contributed by atoms with Crippen molar-refractivity contribution in [3.05, 3.63) is 22.2 Å². The number of aromatic hydroxyl groups is 2. The Balaban J connectivity index is 2.05. The third kappa shape index (κ3) is 9.51. The van der Waals surface area contributed by atoms with Gasteiger partial charge in [0, 0.05) is 11.4 Å². The first-order valence-electron chi connectivity index (χ1n) is 10.4. The summed E-state index contributed by atoms with van der Waals surface area (Å²) < 4.78 is 5.24. The quantitative estimate of drug-likeness (QED) is 0.158. The van der Waals surface area contributed by atoms with Crippen molar-refractivity contribution in [3.8, 4) is 11.5 Å². The lowest BCUT2D eigenvalue weighted by molar-refractivity contribution is 0.0493. The van der Waals surface area contributed by atoms with Crippen molar-refractivity contribution >= 4 is 33.5 Å². The molecule has 0 saturated carbocycles. The van der Waals surface area contributed by atoms with Crippen molar-refractivity contribution in [2.75, 3.05) is 11.9 Å². The van der Waals surface area contributed by atoms with E-state index in [9.17, 15) is 15.0 Å². The average molecular weight is 478 g/mol. The molecule has 28 heavy (non-hydrogen) atoms. The van der Waals surface area contributed by atoms with E-state index in [1.54, 1.807) is 6.92 Å². The van der Waals surface area contributed by atoms with Crippen LogP contribution in [0.1, 0.15) is 93.0 Å². The summed E-state index contributed by atoms with van der Waals surface area (Å²) in [6, 6.07) is 1.06. The van der Waals surface area contributed by atoms with Crippen molar-refractivity contribution < 1.29 is 19.7 Å². The minimum atomic E-state index is -0.604. The van der Waals surface area contributed by atoms with Crippen molar-refractivity contribution in [1.82, 2.24) is 0 Å². The maximum atomic E-state index is 12.1. The molecule has 0 aliphatic heterocycles. The van der Waals surface area contributed by atoms with Crippen LogP contribution in [0.15, 0.2) is 6.07 Å². The molecule has 0 unspecified atom stereocenters. The van der Waals surface area contributed by atoms with Gasteiger partial charge in [-0.1, -0.05) is 91.7 Å².